The van der Waals surface area contributed by atoms with Gasteiger partial charge in [-0.15, -0.1) is 5.10 Å². The highest BCUT2D eigenvalue weighted by molar-refractivity contribution is 7.98. The monoisotopic (exact) mass is 253 g/mol. The molecule has 0 amide bonds. The molecule has 0 atom stereocenters. The molecule has 0 aliphatic carbocycles. The summed E-state index contributed by atoms with van der Waals surface area (Å²) in [4.78, 5) is 15.3. The molecule has 0 aliphatic heterocycles. The van der Waals surface area contributed by atoms with Crippen LogP contribution in [0.4, 0.5) is 5.95 Å². The first-order valence-corrected chi connectivity index (χ1v) is 5.94. The van der Waals surface area contributed by atoms with Crippen LogP contribution in [0, 0.1) is 11.3 Å². The largest absolute Gasteiger partial charge is 0.462 e. The average molecular weight is 253 g/mol. The van der Waals surface area contributed by atoms with Crippen LogP contribution >= 0.6 is 11.8 Å². The highest BCUT2D eigenvalue weighted by atomic mass is 32.2. The lowest BCUT2D eigenvalue weighted by Gasteiger charge is -1.99. The molecule has 0 bridgehead atoms. The summed E-state index contributed by atoms with van der Waals surface area (Å²) in [6.07, 6.45) is 3.06. The Morgan fingerprint density at radius 3 is 3.06 bits per heavy atom. The molecular weight excluding hydrogens is 242 g/mol. The number of aromatic nitrogens is 3. The van der Waals surface area contributed by atoms with Crippen LogP contribution in [0.3, 0.4) is 0 Å². The van der Waals surface area contributed by atoms with E-state index in [2.05, 4.69) is 25.2 Å². The summed E-state index contributed by atoms with van der Waals surface area (Å²) in [5, 5.41) is 18.4. The molecule has 0 saturated carbocycles. The number of H-pyrrole nitrogens is 1. The van der Waals surface area contributed by atoms with Crippen LogP contribution in [0.5, 0.6) is 0 Å². The van der Waals surface area contributed by atoms with Gasteiger partial charge in [0.25, 0.3) is 0 Å². The van der Waals surface area contributed by atoms with Crippen molar-refractivity contribution < 1.29 is 9.53 Å². The van der Waals surface area contributed by atoms with E-state index in [0.29, 0.717) is 11.1 Å². The zero-order valence-corrected chi connectivity index (χ0v) is 10.2. The molecule has 1 rings (SSSR count). The molecule has 0 aliphatic rings. The van der Waals surface area contributed by atoms with Crippen molar-refractivity contribution in [3.05, 3.63) is 11.8 Å². The lowest BCUT2D eigenvalue weighted by Crippen LogP contribution is -2.08. The molecule has 7 nitrogen and oxygen atoms in total. The number of ether oxygens (including phenoxy) is 1. The third kappa shape index (κ3) is 3.81. The van der Waals surface area contributed by atoms with Gasteiger partial charge in [-0.3, -0.25) is 0 Å². The van der Waals surface area contributed by atoms with Crippen molar-refractivity contribution in [1.82, 2.24) is 15.2 Å². The van der Waals surface area contributed by atoms with E-state index < -0.39 is 5.97 Å². The van der Waals surface area contributed by atoms with Gasteiger partial charge in [-0.25, -0.2) is 9.89 Å². The fraction of sp³-hybridized carbons (Fsp3) is 0.333. The van der Waals surface area contributed by atoms with Crippen molar-refractivity contribution in [1.29, 1.82) is 5.26 Å². The third-order valence-electron chi connectivity index (χ3n) is 1.62. The Morgan fingerprint density at radius 2 is 2.53 bits per heavy atom. The number of aromatic amines is 1. The quantitative estimate of drug-likeness (QED) is 0.348. The van der Waals surface area contributed by atoms with Crippen LogP contribution in [-0.4, -0.2) is 34.0 Å². The zero-order valence-electron chi connectivity index (χ0n) is 9.35. The highest BCUT2D eigenvalue weighted by Crippen LogP contribution is 2.09. The maximum Gasteiger partial charge on any atom is 0.350 e. The summed E-state index contributed by atoms with van der Waals surface area (Å²) in [6.45, 7) is 1.89. The molecule has 0 aromatic carbocycles. The number of carbonyl (C=O) groups excluding carboxylic acids is 1. The maximum absolute atomic E-state index is 11.3. The second-order valence-electron chi connectivity index (χ2n) is 2.71. The minimum Gasteiger partial charge on any atom is -0.462 e. The molecule has 0 saturated heterocycles. The van der Waals surface area contributed by atoms with E-state index in [-0.39, 0.29) is 12.2 Å². The van der Waals surface area contributed by atoms with Crippen molar-refractivity contribution in [3.63, 3.8) is 0 Å². The topological polar surface area (TPSA) is 104 Å². The van der Waals surface area contributed by atoms with Crippen molar-refractivity contribution >= 4 is 23.7 Å². The molecule has 1 heterocycles. The Balaban J connectivity index is 2.67. The normalized spacial score (nSPS) is 10.8. The minimum absolute atomic E-state index is 0.131. The summed E-state index contributed by atoms with van der Waals surface area (Å²) in [7, 11) is 0. The van der Waals surface area contributed by atoms with E-state index in [1.165, 1.54) is 18.0 Å². The smallest absolute Gasteiger partial charge is 0.350 e. The van der Waals surface area contributed by atoms with Gasteiger partial charge in [-0.2, -0.15) is 10.2 Å². The predicted molar refractivity (Wildman–Crippen MR) is 62.1 cm³/mol. The van der Waals surface area contributed by atoms with Crippen LogP contribution in [0.15, 0.2) is 16.9 Å². The number of thioether (sulfide) groups is 1. The Labute approximate surface area is 102 Å². The number of carbonyl (C=O) groups is 1. The van der Waals surface area contributed by atoms with E-state index in [4.69, 9.17) is 5.26 Å². The Hall–Kier alpha value is -2.01. The standard InChI is InChI=1S/C9H11N5O2S/c1-3-16-7(15)6(4-10)5-11-8-12-9(17-2)14-13-8/h5H,3H2,1-2H3,(H2,11,12,13,14)/b6-5-. The summed E-state index contributed by atoms with van der Waals surface area (Å²) in [5.74, 6) is -0.321. The highest BCUT2D eigenvalue weighted by Gasteiger charge is 2.09. The predicted octanol–water partition coefficient (Wildman–Crippen LogP) is 0.909. The number of nitrogens with one attached hydrogen (secondary N) is 2. The summed E-state index contributed by atoms with van der Waals surface area (Å²) in [5.41, 5.74) is -0.131. The van der Waals surface area contributed by atoms with Gasteiger partial charge in [-0.1, -0.05) is 11.8 Å². The van der Waals surface area contributed by atoms with Gasteiger partial charge in [0.1, 0.15) is 6.07 Å². The number of esters is 1. The second kappa shape index (κ2) is 6.55. The van der Waals surface area contributed by atoms with E-state index in [9.17, 15) is 4.79 Å². The van der Waals surface area contributed by atoms with Gasteiger partial charge in [0.2, 0.25) is 11.1 Å². The molecule has 90 valence electrons. The van der Waals surface area contributed by atoms with Crippen molar-refractivity contribution in [3.8, 4) is 6.07 Å². The first-order valence-electron chi connectivity index (χ1n) is 4.71. The molecule has 1 aromatic rings. The van der Waals surface area contributed by atoms with Crippen molar-refractivity contribution in [2.24, 2.45) is 0 Å². The van der Waals surface area contributed by atoms with Crippen molar-refractivity contribution in [2.45, 2.75) is 12.1 Å². The SMILES string of the molecule is CCOC(=O)/C(C#N)=C\Nc1nc(SC)n[nH]1. The fourth-order valence-electron chi connectivity index (χ4n) is 0.888. The summed E-state index contributed by atoms with van der Waals surface area (Å²) >= 11 is 1.37. The summed E-state index contributed by atoms with van der Waals surface area (Å²) < 4.78 is 4.69. The molecule has 0 spiro atoms. The molecule has 0 unspecified atom stereocenters. The number of anilines is 1. The van der Waals surface area contributed by atoms with Gasteiger partial charge in [0.05, 0.1) is 6.61 Å². The van der Waals surface area contributed by atoms with Crippen LogP contribution < -0.4 is 5.32 Å². The van der Waals surface area contributed by atoms with E-state index in [1.807, 2.05) is 6.26 Å². The number of hydrogen-bond donors (Lipinski definition) is 2. The molecule has 2 N–H and O–H groups in total. The minimum atomic E-state index is -0.674. The lowest BCUT2D eigenvalue weighted by molar-refractivity contribution is -0.138. The zero-order chi connectivity index (χ0) is 12.7. The van der Waals surface area contributed by atoms with Crippen LogP contribution in [0.25, 0.3) is 0 Å². The molecule has 1 aromatic heterocycles. The third-order valence-corrected chi connectivity index (χ3v) is 2.16. The number of hydrogen-bond acceptors (Lipinski definition) is 7. The van der Waals surface area contributed by atoms with E-state index in [1.54, 1.807) is 13.0 Å². The molecule has 0 radical (unpaired) electrons. The first-order chi connectivity index (χ1) is 8.21. The lowest BCUT2D eigenvalue weighted by atomic mass is 10.3. The number of nitriles is 1. The van der Waals surface area contributed by atoms with E-state index >= 15 is 0 Å². The van der Waals surface area contributed by atoms with Gasteiger partial charge in [0.15, 0.2) is 5.57 Å². The second-order valence-corrected chi connectivity index (χ2v) is 3.48. The van der Waals surface area contributed by atoms with Gasteiger partial charge < -0.3 is 10.1 Å². The molecular formula is C9H11N5O2S. The molecule has 0 fully saturated rings. The summed E-state index contributed by atoms with van der Waals surface area (Å²) in [6, 6.07) is 1.73. The van der Waals surface area contributed by atoms with E-state index in [0.717, 1.165) is 0 Å². The number of rotatable bonds is 5. The van der Waals surface area contributed by atoms with Gasteiger partial charge in [0, 0.05) is 6.20 Å². The van der Waals surface area contributed by atoms with Gasteiger partial charge >= 0.3 is 5.97 Å². The maximum atomic E-state index is 11.3. The van der Waals surface area contributed by atoms with Crippen LogP contribution in [-0.2, 0) is 9.53 Å². The van der Waals surface area contributed by atoms with Crippen LogP contribution in [0.1, 0.15) is 6.92 Å². The molecule has 17 heavy (non-hydrogen) atoms. The Morgan fingerprint density at radius 1 is 1.76 bits per heavy atom. The Kier molecular flexibility index (Phi) is 5.03. The molecule has 8 heteroatoms. The van der Waals surface area contributed by atoms with Crippen LogP contribution in [0.2, 0.25) is 0 Å². The van der Waals surface area contributed by atoms with Crippen molar-refractivity contribution in [2.75, 3.05) is 18.2 Å². The Bertz CT molecular complexity index is 462. The van der Waals surface area contributed by atoms with Gasteiger partial charge in [-0.05, 0) is 13.2 Å². The average Bonchev–Trinajstić information content (AvgIpc) is 2.78. The first kappa shape index (κ1) is 13.1. The number of nitrogens with zero attached hydrogens (tertiary/aromatic N) is 3. The fourth-order valence-corrected chi connectivity index (χ4v) is 1.21.